The van der Waals surface area contributed by atoms with Gasteiger partial charge < -0.3 is 9.88 Å². The minimum absolute atomic E-state index is 0.132. The van der Waals surface area contributed by atoms with E-state index in [4.69, 9.17) is 0 Å². The van der Waals surface area contributed by atoms with E-state index in [1.54, 1.807) is 6.07 Å². The molecule has 1 aliphatic rings. The van der Waals surface area contributed by atoms with E-state index in [9.17, 15) is 9.59 Å². The summed E-state index contributed by atoms with van der Waals surface area (Å²) in [4.78, 5) is 25.8. The van der Waals surface area contributed by atoms with Crippen LogP contribution in [-0.2, 0) is 0 Å². The fourth-order valence-corrected chi connectivity index (χ4v) is 4.96. The monoisotopic (exact) mass is 409 g/mol. The third-order valence-electron chi connectivity index (χ3n) is 5.53. The van der Waals surface area contributed by atoms with Gasteiger partial charge in [-0.1, -0.05) is 6.07 Å². The largest absolute Gasteiger partial charge is 0.385 e. The number of nitrogens with one attached hydrogen (secondary N) is 2. The van der Waals surface area contributed by atoms with Crippen LogP contribution in [0.15, 0.2) is 39.9 Å². The van der Waals surface area contributed by atoms with E-state index in [0.717, 1.165) is 36.2 Å². The van der Waals surface area contributed by atoms with Gasteiger partial charge in [-0.15, -0.1) is 0 Å². The molecule has 0 radical (unpaired) electrons. The molecule has 7 heteroatoms. The number of hydrogen-bond donors (Lipinski definition) is 2. The SMILES string of the molecule is CCNc1ccc(-c2cc3c(cc2F)c(=O)c2c(=O)[nH]sc2n3C2CC2)c(C)c1. The van der Waals surface area contributed by atoms with Gasteiger partial charge in [0.1, 0.15) is 16.0 Å². The quantitative estimate of drug-likeness (QED) is 0.509. The zero-order valence-corrected chi connectivity index (χ0v) is 17.0. The van der Waals surface area contributed by atoms with Gasteiger partial charge in [0.2, 0.25) is 5.43 Å². The highest BCUT2D eigenvalue weighted by Crippen LogP contribution is 2.41. The first-order valence-corrected chi connectivity index (χ1v) is 10.5. The van der Waals surface area contributed by atoms with E-state index in [2.05, 4.69) is 9.69 Å². The Kier molecular flexibility index (Phi) is 4.10. The minimum Gasteiger partial charge on any atom is -0.385 e. The second kappa shape index (κ2) is 6.56. The first-order chi connectivity index (χ1) is 14.0. The topological polar surface area (TPSA) is 66.9 Å². The maximum atomic E-state index is 15.1. The van der Waals surface area contributed by atoms with Gasteiger partial charge in [-0.05, 0) is 73.6 Å². The van der Waals surface area contributed by atoms with E-state index in [1.807, 2.05) is 36.6 Å². The molecular formula is C22H20FN3O2S. The lowest BCUT2D eigenvalue weighted by Crippen LogP contribution is -2.15. The molecule has 0 bridgehead atoms. The summed E-state index contributed by atoms with van der Waals surface area (Å²) in [5.74, 6) is -0.456. The van der Waals surface area contributed by atoms with Gasteiger partial charge >= 0.3 is 0 Å². The summed E-state index contributed by atoms with van der Waals surface area (Å²) in [5, 5.41) is 3.66. The van der Waals surface area contributed by atoms with Crippen LogP contribution in [-0.4, -0.2) is 15.5 Å². The standard InChI is InChI=1S/C22H20FN3O2S/c1-3-24-12-4-7-14(11(2)8-12)15-10-18-16(9-17(15)23)20(27)19-21(28)25-29-22(19)26(18)13-5-6-13/h4,7-10,13,24H,3,5-6H2,1-2H3,(H,25,28). The third kappa shape index (κ3) is 2.80. The molecule has 0 saturated heterocycles. The van der Waals surface area contributed by atoms with E-state index >= 15 is 4.39 Å². The number of pyridine rings is 1. The summed E-state index contributed by atoms with van der Waals surface area (Å²) < 4.78 is 19.9. The number of aromatic amines is 1. The molecule has 29 heavy (non-hydrogen) atoms. The number of aromatic nitrogens is 2. The van der Waals surface area contributed by atoms with Crippen LogP contribution >= 0.6 is 11.5 Å². The summed E-state index contributed by atoms with van der Waals surface area (Å²) in [6.07, 6.45) is 1.98. The molecule has 0 amide bonds. The van der Waals surface area contributed by atoms with Crippen molar-refractivity contribution < 1.29 is 4.39 Å². The molecule has 0 aliphatic heterocycles. The zero-order chi connectivity index (χ0) is 20.3. The average Bonchev–Trinajstić information content (AvgIpc) is 3.45. The summed E-state index contributed by atoms with van der Waals surface area (Å²) in [6, 6.07) is 9.14. The van der Waals surface area contributed by atoms with Gasteiger partial charge in [-0.2, -0.15) is 0 Å². The molecule has 2 N–H and O–H groups in total. The molecule has 4 aromatic rings. The lowest BCUT2D eigenvalue weighted by molar-refractivity contribution is 0.632. The van der Waals surface area contributed by atoms with Crippen molar-refractivity contribution in [2.75, 3.05) is 11.9 Å². The van der Waals surface area contributed by atoms with Crippen molar-refractivity contribution in [1.29, 1.82) is 0 Å². The molecule has 148 valence electrons. The molecule has 0 unspecified atom stereocenters. The van der Waals surface area contributed by atoms with Crippen LogP contribution in [0.25, 0.3) is 32.2 Å². The first-order valence-electron chi connectivity index (χ1n) is 9.73. The molecule has 2 heterocycles. The summed E-state index contributed by atoms with van der Waals surface area (Å²) >= 11 is 1.18. The average molecular weight is 409 g/mol. The maximum absolute atomic E-state index is 15.1. The maximum Gasteiger partial charge on any atom is 0.271 e. The van der Waals surface area contributed by atoms with Crippen molar-refractivity contribution >= 4 is 38.3 Å². The highest BCUT2D eigenvalue weighted by molar-refractivity contribution is 7.12. The summed E-state index contributed by atoms with van der Waals surface area (Å²) in [7, 11) is 0. The Morgan fingerprint density at radius 2 is 2.00 bits per heavy atom. The number of H-pyrrole nitrogens is 1. The van der Waals surface area contributed by atoms with Gasteiger partial charge in [0.05, 0.1) is 5.52 Å². The van der Waals surface area contributed by atoms with Crippen LogP contribution in [0.2, 0.25) is 0 Å². The number of nitrogens with zero attached hydrogens (tertiary/aromatic N) is 1. The minimum atomic E-state index is -0.456. The van der Waals surface area contributed by atoms with Crippen LogP contribution in [0.4, 0.5) is 10.1 Å². The van der Waals surface area contributed by atoms with Crippen LogP contribution in [0, 0.1) is 12.7 Å². The van der Waals surface area contributed by atoms with E-state index < -0.39 is 16.8 Å². The smallest absolute Gasteiger partial charge is 0.271 e. The molecule has 2 aromatic carbocycles. The Bertz CT molecular complexity index is 1400. The molecule has 1 fully saturated rings. The Hall–Kier alpha value is -2.93. The molecular weight excluding hydrogens is 389 g/mol. The first kappa shape index (κ1) is 18.1. The Morgan fingerprint density at radius 3 is 2.69 bits per heavy atom. The number of halogens is 1. The van der Waals surface area contributed by atoms with Crippen molar-refractivity contribution in [3.8, 4) is 11.1 Å². The van der Waals surface area contributed by atoms with Gasteiger partial charge in [-0.3, -0.25) is 14.0 Å². The third-order valence-corrected chi connectivity index (χ3v) is 6.41. The molecule has 5 nitrogen and oxygen atoms in total. The fourth-order valence-electron chi connectivity index (χ4n) is 4.03. The predicted molar refractivity (Wildman–Crippen MR) is 117 cm³/mol. The van der Waals surface area contributed by atoms with E-state index in [-0.39, 0.29) is 16.8 Å². The highest BCUT2D eigenvalue weighted by atomic mass is 32.1. The van der Waals surface area contributed by atoms with Crippen molar-refractivity contribution in [2.24, 2.45) is 0 Å². The summed E-state index contributed by atoms with van der Waals surface area (Å²) in [6.45, 7) is 4.79. The Morgan fingerprint density at radius 1 is 1.21 bits per heavy atom. The molecule has 1 aliphatic carbocycles. The van der Waals surface area contributed by atoms with Crippen molar-refractivity contribution in [2.45, 2.75) is 32.7 Å². The number of fused-ring (bicyclic) bond motifs is 2. The summed E-state index contributed by atoms with van der Waals surface area (Å²) in [5.41, 5.74) is 3.09. The van der Waals surface area contributed by atoms with Crippen LogP contribution in [0.5, 0.6) is 0 Å². The second-order valence-corrected chi connectivity index (χ2v) is 8.35. The molecule has 2 aromatic heterocycles. The predicted octanol–water partition coefficient (Wildman–Crippen LogP) is 4.79. The molecule has 0 spiro atoms. The van der Waals surface area contributed by atoms with Gasteiger partial charge in [0, 0.05) is 29.2 Å². The van der Waals surface area contributed by atoms with Gasteiger partial charge in [-0.25, -0.2) is 4.39 Å². The number of rotatable bonds is 4. The van der Waals surface area contributed by atoms with Crippen molar-refractivity contribution in [3.05, 3.63) is 62.3 Å². The van der Waals surface area contributed by atoms with E-state index in [1.165, 1.54) is 17.6 Å². The zero-order valence-electron chi connectivity index (χ0n) is 16.1. The van der Waals surface area contributed by atoms with Crippen LogP contribution in [0.1, 0.15) is 31.4 Å². The lowest BCUT2D eigenvalue weighted by atomic mass is 9.97. The molecule has 5 rings (SSSR count). The molecule has 1 saturated carbocycles. The van der Waals surface area contributed by atoms with Gasteiger partial charge in [0.15, 0.2) is 0 Å². The van der Waals surface area contributed by atoms with E-state index in [0.29, 0.717) is 15.9 Å². The number of anilines is 1. The van der Waals surface area contributed by atoms with Crippen LogP contribution in [0.3, 0.4) is 0 Å². The number of aryl methyl sites for hydroxylation is 1. The molecule has 0 atom stereocenters. The Labute approximate surface area is 170 Å². The second-order valence-electron chi connectivity index (χ2n) is 7.55. The van der Waals surface area contributed by atoms with Crippen molar-refractivity contribution in [1.82, 2.24) is 8.94 Å². The number of hydrogen-bond acceptors (Lipinski definition) is 4. The highest BCUT2D eigenvalue weighted by Gasteiger charge is 2.29. The lowest BCUT2D eigenvalue weighted by Gasteiger charge is -2.15. The number of benzene rings is 2. The normalized spacial score (nSPS) is 14.0. The Balaban J connectivity index is 1.83. The van der Waals surface area contributed by atoms with Gasteiger partial charge in [0.25, 0.3) is 5.56 Å². The van der Waals surface area contributed by atoms with Crippen LogP contribution < -0.4 is 16.3 Å². The van der Waals surface area contributed by atoms with Crippen molar-refractivity contribution in [3.63, 3.8) is 0 Å². The fraction of sp³-hybridized carbons (Fsp3) is 0.273.